The molecule has 1 atom stereocenters. The molecule has 102 valence electrons. The number of benzene rings is 1. The number of rotatable bonds is 7. The summed E-state index contributed by atoms with van der Waals surface area (Å²) in [7, 11) is 0. The van der Waals surface area contributed by atoms with Crippen molar-refractivity contribution in [3.63, 3.8) is 0 Å². The first-order valence-electron chi connectivity index (χ1n) is 7.17. The number of hydrogen-bond acceptors (Lipinski definition) is 2. The van der Waals surface area contributed by atoms with Gasteiger partial charge in [-0.15, -0.1) is 0 Å². The first kappa shape index (κ1) is 15.2. The zero-order valence-electron chi connectivity index (χ0n) is 12.3. The van der Waals surface area contributed by atoms with Gasteiger partial charge >= 0.3 is 0 Å². The van der Waals surface area contributed by atoms with E-state index >= 15 is 0 Å². The van der Waals surface area contributed by atoms with E-state index in [-0.39, 0.29) is 6.04 Å². The first-order chi connectivity index (χ1) is 8.63. The Kier molecular flexibility index (Phi) is 6.37. The molecule has 0 aromatic heterocycles. The van der Waals surface area contributed by atoms with Crippen LogP contribution in [0, 0.1) is 19.8 Å². The molecule has 18 heavy (non-hydrogen) atoms. The van der Waals surface area contributed by atoms with Crippen molar-refractivity contribution in [2.45, 2.75) is 59.4 Å². The molecule has 1 aromatic carbocycles. The summed E-state index contributed by atoms with van der Waals surface area (Å²) in [6.45, 7) is 8.81. The molecule has 0 heterocycles. The van der Waals surface area contributed by atoms with Gasteiger partial charge in [0.2, 0.25) is 0 Å². The highest BCUT2D eigenvalue weighted by Crippen LogP contribution is 2.30. The third-order valence-electron chi connectivity index (χ3n) is 3.86. The van der Waals surface area contributed by atoms with Gasteiger partial charge in [0.25, 0.3) is 0 Å². The minimum Gasteiger partial charge on any atom is -0.271 e. The molecule has 3 N–H and O–H groups in total. The second kappa shape index (κ2) is 7.55. The highest BCUT2D eigenvalue weighted by Gasteiger charge is 2.20. The second-order valence-corrected chi connectivity index (χ2v) is 5.33. The molecule has 1 unspecified atom stereocenters. The predicted molar refractivity (Wildman–Crippen MR) is 79.3 cm³/mol. The van der Waals surface area contributed by atoms with E-state index in [1.807, 2.05) is 0 Å². The lowest BCUT2D eigenvalue weighted by Gasteiger charge is -2.27. The van der Waals surface area contributed by atoms with Gasteiger partial charge in [0, 0.05) is 6.04 Å². The van der Waals surface area contributed by atoms with Crippen LogP contribution in [0.25, 0.3) is 0 Å². The minimum absolute atomic E-state index is 0.282. The van der Waals surface area contributed by atoms with E-state index < -0.39 is 0 Å². The summed E-state index contributed by atoms with van der Waals surface area (Å²) in [5, 5.41) is 0. The normalized spacial score (nSPS) is 13.0. The Morgan fingerprint density at radius 2 is 1.67 bits per heavy atom. The van der Waals surface area contributed by atoms with Gasteiger partial charge in [0.15, 0.2) is 0 Å². The van der Waals surface area contributed by atoms with Gasteiger partial charge in [-0.05, 0) is 49.3 Å². The molecular formula is C16H28N2. The predicted octanol–water partition coefficient (Wildman–Crippen LogP) is 4.02. The van der Waals surface area contributed by atoms with Crippen LogP contribution in [0.2, 0.25) is 0 Å². The zero-order valence-corrected chi connectivity index (χ0v) is 12.3. The summed E-state index contributed by atoms with van der Waals surface area (Å²) in [5.74, 6) is 6.44. The van der Waals surface area contributed by atoms with Crippen molar-refractivity contribution in [3.05, 3.63) is 34.9 Å². The molecule has 0 saturated carbocycles. The number of hydrogen-bond donors (Lipinski definition) is 2. The van der Waals surface area contributed by atoms with E-state index in [1.165, 1.54) is 42.4 Å². The van der Waals surface area contributed by atoms with Crippen LogP contribution in [0.3, 0.4) is 0 Å². The van der Waals surface area contributed by atoms with Crippen LogP contribution < -0.4 is 11.3 Å². The standard InChI is InChI=1S/C16H28N2/c1-5-7-14(8-6-2)16(18-17)15-10-9-12(3)13(4)11-15/h9-11,14,16,18H,5-8,17H2,1-4H3. The maximum Gasteiger partial charge on any atom is 0.0488 e. The molecule has 0 radical (unpaired) electrons. The van der Waals surface area contributed by atoms with Crippen LogP contribution in [0.5, 0.6) is 0 Å². The van der Waals surface area contributed by atoms with Crippen molar-refractivity contribution < 1.29 is 0 Å². The Morgan fingerprint density at radius 3 is 2.11 bits per heavy atom. The van der Waals surface area contributed by atoms with Gasteiger partial charge in [0.1, 0.15) is 0 Å². The van der Waals surface area contributed by atoms with Gasteiger partial charge in [-0.3, -0.25) is 11.3 Å². The molecule has 0 fully saturated rings. The summed E-state index contributed by atoms with van der Waals surface area (Å²) >= 11 is 0. The van der Waals surface area contributed by atoms with Crippen LogP contribution >= 0.6 is 0 Å². The second-order valence-electron chi connectivity index (χ2n) is 5.33. The highest BCUT2D eigenvalue weighted by molar-refractivity contribution is 5.32. The molecule has 0 saturated heterocycles. The molecule has 0 aliphatic rings. The number of nitrogens with one attached hydrogen (secondary N) is 1. The van der Waals surface area contributed by atoms with Crippen LogP contribution in [-0.4, -0.2) is 0 Å². The van der Waals surface area contributed by atoms with E-state index in [2.05, 4.69) is 51.3 Å². The van der Waals surface area contributed by atoms with Crippen molar-refractivity contribution in [1.82, 2.24) is 5.43 Å². The lowest BCUT2D eigenvalue weighted by atomic mass is 9.85. The number of nitrogens with two attached hydrogens (primary N) is 1. The molecule has 0 amide bonds. The van der Waals surface area contributed by atoms with Crippen LogP contribution in [0.15, 0.2) is 18.2 Å². The fraction of sp³-hybridized carbons (Fsp3) is 0.625. The molecule has 1 aromatic rings. The largest absolute Gasteiger partial charge is 0.271 e. The fourth-order valence-electron chi connectivity index (χ4n) is 2.68. The maximum absolute atomic E-state index is 5.80. The van der Waals surface area contributed by atoms with Gasteiger partial charge < -0.3 is 0 Å². The topological polar surface area (TPSA) is 38.0 Å². The molecular weight excluding hydrogens is 220 g/mol. The van der Waals surface area contributed by atoms with Gasteiger partial charge in [-0.25, -0.2) is 0 Å². The minimum atomic E-state index is 0.282. The van der Waals surface area contributed by atoms with E-state index in [9.17, 15) is 0 Å². The average molecular weight is 248 g/mol. The highest BCUT2D eigenvalue weighted by atomic mass is 15.2. The zero-order chi connectivity index (χ0) is 13.5. The molecule has 0 bridgehead atoms. The summed E-state index contributed by atoms with van der Waals surface area (Å²) in [6, 6.07) is 6.97. The Labute approximate surface area is 112 Å². The lowest BCUT2D eigenvalue weighted by molar-refractivity contribution is 0.319. The van der Waals surface area contributed by atoms with E-state index in [0.717, 1.165) is 0 Å². The van der Waals surface area contributed by atoms with E-state index in [4.69, 9.17) is 5.84 Å². The first-order valence-corrected chi connectivity index (χ1v) is 7.17. The van der Waals surface area contributed by atoms with Crippen molar-refractivity contribution in [1.29, 1.82) is 0 Å². The molecule has 0 aliphatic carbocycles. The van der Waals surface area contributed by atoms with Crippen LogP contribution in [0.1, 0.15) is 62.3 Å². The fourth-order valence-corrected chi connectivity index (χ4v) is 2.68. The molecule has 1 rings (SSSR count). The maximum atomic E-state index is 5.80. The monoisotopic (exact) mass is 248 g/mol. The van der Waals surface area contributed by atoms with Crippen molar-refractivity contribution in [2.75, 3.05) is 0 Å². The summed E-state index contributed by atoms with van der Waals surface area (Å²) in [4.78, 5) is 0. The SMILES string of the molecule is CCCC(CCC)C(NN)c1ccc(C)c(C)c1. The van der Waals surface area contributed by atoms with Gasteiger partial charge in [0.05, 0.1) is 0 Å². The summed E-state index contributed by atoms with van der Waals surface area (Å²) < 4.78 is 0. The number of hydrazine groups is 1. The third kappa shape index (κ3) is 3.82. The molecule has 0 spiro atoms. The Morgan fingerprint density at radius 1 is 1.06 bits per heavy atom. The van der Waals surface area contributed by atoms with Gasteiger partial charge in [-0.2, -0.15) is 0 Å². The van der Waals surface area contributed by atoms with E-state index in [0.29, 0.717) is 5.92 Å². The average Bonchev–Trinajstić information content (AvgIpc) is 2.35. The van der Waals surface area contributed by atoms with E-state index in [1.54, 1.807) is 0 Å². The lowest BCUT2D eigenvalue weighted by Crippen LogP contribution is -2.33. The van der Waals surface area contributed by atoms with Crippen molar-refractivity contribution in [3.8, 4) is 0 Å². The number of aryl methyl sites for hydroxylation is 2. The Balaban J connectivity index is 2.94. The third-order valence-corrected chi connectivity index (χ3v) is 3.86. The Bertz CT molecular complexity index is 354. The molecule has 0 aliphatic heterocycles. The van der Waals surface area contributed by atoms with Crippen molar-refractivity contribution >= 4 is 0 Å². The molecule has 2 nitrogen and oxygen atoms in total. The quantitative estimate of drug-likeness (QED) is 0.565. The summed E-state index contributed by atoms with van der Waals surface area (Å²) in [5.41, 5.74) is 7.05. The smallest absolute Gasteiger partial charge is 0.0488 e. The Hall–Kier alpha value is -0.860. The van der Waals surface area contributed by atoms with Gasteiger partial charge in [-0.1, -0.05) is 44.9 Å². The van der Waals surface area contributed by atoms with Crippen LogP contribution in [0.4, 0.5) is 0 Å². The van der Waals surface area contributed by atoms with Crippen molar-refractivity contribution in [2.24, 2.45) is 11.8 Å². The molecule has 2 heteroatoms. The van der Waals surface area contributed by atoms with Crippen LogP contribution in [-0.2, 0) is 0 Å². The summed E-state index contributed by atoms with van der Waals surface area (Å²) in [6.07, 6.45) is 4.90.